The first-order valence-corrected chi connectivity index (χ1v) is 6.54. The molecule has 0 aliphatic heterocycles. The zero-order chi connectivity index (χ0) is 13.0. The molecular formula is C14H10BrClN2. The van der Waals surface area contributed by atoms with E-state index in [4.69, 9.17) is 16.9 Å². The molecule has 2 aromatic carbocycles. The van der Waals surface area contributed by atoms with Gasteiger partial charge in [-0.1, -0.05) is 39.7 Å². The number of hydrogen-bond donors (Lipinski definition) is 1. The molecule has 0 radical (unpaired) electrons. The van der Waals surface area contributed by atoms with E-state index in [2.05, 4.69) is 27.3 Å². The van der Waals surface area contributed by atoms with Crippen molar-refractivity contribution in [3.05, 3.63) is 63.1 Å². The van der Waals surface area contributed by atoms with Gasteiger partial charge in [0.05, 0.1) is 11.3 Å². The molecule has 0 bridgehead atoms. The second-order valence-electron chi connectivity index (χ2n) is 3.79. The third kappa shape index (κ3) is 3.25. The summed E-state index contributed by atoms with van der Waals surface area (Å²) in [5.41, 5.74) is 2.51. The molecule has 2 aromatic rings. The lowest BCUT2D eigenvalue weighted by atomic mass is 10.1. The molecule has 18 heavy (non-hydrogen) atoms. The molecule has 0 fully saturated rings. The SMILES string of the molecule is N#Cc1ccc(Br)cc1NCc1cccc(Cl)c1. The van der Waals surface area contributed by atoms with Crippen molar-refractivity contribution in [1.29, 1.82) is 5.26 Å². The quantitative estimate of drug-likeness (QED) is 0.897. The number of nitrogens with one attached hydrogen (secondary N) is 1. The highest BCUT2D eigenvalue weighted by atomic mass is 79.9. The molecule has 0 aliphatic rings. The Bertz CT molecular complexity index is 605. The molecule has 0 atom stereocenters. The molecule has 0 aliphatic carbocycles. The second kappa shape index (κ2) is 5.90. The van der Waals surface area contributed by atoms with Gasteiger partial charge >= 0.3 is 0 Å². The smallest absolute Gasteiger partial charge is 0.101 e. The minimum absolute atomic E-state index is 0.625. The number of halogens is 2. The summed E-state index contributed by atoms with van der Waals surface area (Å²) < 4.78 is 0.940. The summed E-state index contributed by atoms with van der Waals surface area (Å²) in [5, 5.41) is 13.0. The first-order chi connectivity index (χ1) is 8.69. The summed E-state index contributed by atoms with van der Waals surface area (Å²) in [4.78, 5) is 0. The zero-order valence-corrected chi connectivity index (χ0v) is 11.8. The number of rotatable bonds is 3. The van der Waals surface area contributed by atoms with Crippen LogP contribution in [0, 0.1) is 11.3 Å². The fourth-order valence-corrected chi connectivity index (χ4v) is 2.18. The van der Waals surface area contributed by atoms with Crippen molar-refractivity contribution >= 4 is 33.2 Å². The van der Waals surface area contributed by atoms with Crippen molar-refractivity contribution in [2.75, 3.05) is 5.32 Å². The molecule has 0 heterocycles. The summed E-state index contributed by atoms with van der Waals surface area (Å²) in [6, 6.07) is 15.3. The van der Waals surface area contributed by atoms with Gasteiger partial charge in [0.1, 0.15) is 6.07 Å². The zero-order valence-electron chi connectivity index (χ0n) is 9.45. The lowest BCUT2D eigenvalue weighted by Gasteiger charge is -2.09. The van der Waals surface area contributed by atoms with E-state index in [1.165, 1.54) is 0 Å². The lowest BCUT2D eigenvalue weighted by Crippen LogP contribution is -2.01. The van der Waals surface area contributed by atoms with Crippen LogP contribution in [0.25, 0.3) is 0 Å². The van der Waals surface area contributed by atoms with Crippen molar-refractivity contribution in [2.45, 2.75) is 6.54 Å². The largest absolute Gasteiger partial charge is 0.380 e. The van der Waals surface area contributed by atoms with Crippen LogP contribution in [-0.4, -0.2) is 0 Å². The molecule has 0 saturated carbocycles. The summed E-state index contributed by atoms with van der Waals surface area (Å²) in [7, 11) is 0. The minimum Gasteiger partial charge on any atom is -0.380 e. The first-order valence-electron chi connectivity index (χ1n) is 5.37. The van der Waals surface area contributed by atoms with Crippen LogP contribution in [0.4, 0.5) is 5.69 Å². The fourth-order valence-electron chi connectivity index (χ4n) is 1.60. The Kier molecular flexibility index (Phi) is 4.24. The van der Waals surface area contributed by atoms with Gasteiger partial charge in [-0.05, 0) is 35.9 Å². The van der Waals surface area contributed by atoms with Crippen LogP contribution in [0.1, 0.15) is 11.1 Å². The van der Waals surface area contributed by atoms with E-state index in [0.29, 0.717) is 17.1 Å². The van der Waals surface area contributed by atoms with Crippen LogP contribution < -0.4 is 5.32 Å². The number of nitriles is 1. The Balaban J connectivity index is 2.15. The molecular weight excluding hydrogens is 312 g/mol. The minimum atomic E-state index is 0.625. The number of anilines is 1. The van der Waals surface area contributed by atoms with E-state index in [-0.39, 0.29) is 0 Å². The molecule has 0 amide bonds. The highest BCUT2D eigenvalue weighted by molar-refractivity contribution is 9.10. The van der Waals surface area contributed by atoms with Gasteiger partial charge in [0, 0.05) is 16.0 Å². The third-order valence-corrected chi connectivity index (χ3v) is 3.20. The standard InChI is InChI=1S/C14H10BrClN2/c15-12-5-4-11(8-17)14(7-12)18-9-10-2-1-3-13(16)6-10/h1-7,18H,9H2. The van der Waals surface area contributed by atoms with Crippen LogP contribution in [-0.2, 0) is 6.54 Å². The van der Waals surface area contributed by atoms with Crippen LogP contribution in [0.15, 0.2) is 46.9 Å². The van der Waals surface area contributed by atoms with Crippen molar-refractivity contribution in [2.24, 2.45) is 0 Å². The predicted octanol–water partition coefficient (Wildman–Crippen LogP) is 4.59. The van der Waals surface area contributed by atoms with E-state index in [9.17, 15) is 0 Å². The van der Waals surface area contributed by atoms with Gasteiger partial charge in [0.15, 0.2) is 0 Å². The Morgan fingerprint density at radius 1 is 1.22 bits per heavy atom. The van der Waals surface area contributed by atoms with E-state index < -0.39 is 0 Å². The van der Waals surface area contributed by atoms with Gasteiger partial charge < -0.3 is 5.32 Å². The van der Waals surface area contributed by atoms with Gasteiger partial charge in [-0.25, -0.2) is 0 Å². The maximum atomic E-state index is 9.02. The summed E-state index contributed by atoms with van der Waals surface area (Å²) in [6.07, 6.45) is 0. The normalized spacial score (nSPS) is 9.83. The molecule has 1 N–H and O–H groups in total. The Morgan fingerprint density at radius 2 is 2.06 bits per heavy atom. The molecule has 0 spiro atoms. The monoisotopic (exact) mass is 320 g/mol. The first kappa shape index (κ1) is 12.9. The Morgan fingerprint density at radius 3 is 2.78 bits per heavy atom. The Labute approximate surface area is 119 Å². The third-order valence-electron chi connectivity index (χ3n) is 2.47. The molecule has 0 unspecified atom stereocenters. The van der Waals surface area contributed by atoms with Crippen molar-refractivity contribution in [1.82, 2.24) is 0 Å². The molecule has 90 valence electrons. The summed E-state index contributed by atoms with van der Waals surface area (Å²) in [5.74, 6) is 0. The van der Waals surface area contributed by atoms with Crippen LogP contribution in [0.3, 0.4) is 0 Å². The number of benzene rings is 2. The van der Waals surface area contributed by atoms with Crippen molar-refractivity contribution in [3.63, 3.8) is 0 Å². The molecule has 2 rings (SSSR count). The number of hydrogen-bond acceptors (Lipinski definition) is 2. The maximum Gasteiger partial charge on any atom is 0.101 e. The Hall–Kier alpha value is -1.50. The molecule has 2 nitrogen and oxygen atoms in total. The van der Waals surface area contributed by atoms with Crippen LogP contribution in [0.5, 0.6) is 0 Å². The maximum absolute atomic E-state index is 9.02. The fraction of sp³-hybridized carbons (Fsp3) is 0.0714. The summed E-state index contributed by atoms with van der Waals surface area (Å²) in [6.45, 7) is 0.631. The van der Waals surface area contributed by atoms with Gasteiger partial charge in [0.25, 0.3) is 0 Å². The molecule has 0 saturated heterocycles. The van der Waals surface area contributed by atoms with Gasteiger partial charge in [-0.2, -0.15) is 5.26 Å². The second-order valence-corrected chi connectivity index (χ2v) is 5.14. The van der Waals surface area contributed by atoms with Crippen molar-refractivity contribution < 1.29 is 0 Å². The van der Waals surface area contributed by atoms with E-state index >= 15 is 0 Å². The topological polar surface area (TPSA) is 35.8 Å². The van der Waals surface area contributed by atoms with Gasteiger partial charge in [0.2, 0.25) is 0 Å². The van der Waals surface area contributed by atoms with Crippen molar-refractivity contribution in [3.8, 4) is 6.07 Å². The molecule has 0 aromatic heterocycles. The van der Waals surface area contributed by atoms with Crippen LogP contribution >= 0.6 is 27.5 Å². The number of nitrogens with zero attached hydrogens (tertiary/aromatic N) is 1. The van der Waals surface area contributed by atoms with E-state index in [1.807, 2.05) is 36.4 Å². The average molecular weight is 322 g/mol. The van der Waals surface area contributed by atoms with Crippen LogP contribution in [0.2, 0.25) is 5.02 Å². The highest BCUT2D eigenvalue weighted by Gasteiger charge is 2.02. The highest BCUT2D eigenvalue weighted by Crippen LogP contribution is 2.21. The van der Waals surface area contributed by atoms with E-state index in [0.717, 1.165) is 15.7 Å². The lowest BCUT2D eigenvalue weighted by molar-refractivity contribution is 1.14. The average Bonchev–Trinajstić information content (AvgIpc) is 2.37. The molecule has 4 heteroatoms. The summed E-state index contributed by atoms with van der Waals surface area (Å²) >= 11 is 9.32. The predicted molar refractivity (Wildman–Crippen MR) is 77.6 cm³/mol. The van der Waals surface area contributed by atoms with Gasteiger partial charge in [-0.15, -0.1) is 0 Å². The van der Waals surface area contributed by atoms with E-state index in [1.54, 1.807) is 6.07 Å². The van der Waals surface area contributed by atoms with Gasteiger partial charge in [-0.3, -0.25) is 0 Å².